The summed E-state index contributed by atoms with van der Waals surface area (Å²) in [6.45, 7) is 3.96. The first-order valence-corrected chi connectivity index (χ1v) is 11.7. The minimum atomic E-state index is -3.81. The summed E-state index contributed by atoms with van der Waals surface area (Å²) in [7, 11) is 0.428. The maximum absolute atomic E-state index is 13.3. The van der Waals surface area contributed by atoms with E-state index in [-0.39, 0.29) is 28.7 Å². The maximum atomic E-state index is 13.3. The lowest BCUT2D eigenvalue weighted by Gasteiger charge is -2.20. The molecule has 0 unspecified atom stereocenters. The standard InChI is InChI=1S/C22H23N3O4S2/c1-5-13-25(22-23-18(15-30-22)16-9-7-6-8-10-16)21(26)17-11-12-19(29-4)20(14-17)31(27,28)24(2)3/h5-12,14-15H,1,13H2,2-4H3. The van der Waals surface area contributed by atoms with Gasteiger partial charge in [0.2, 0.25) is 10.0 Å². The third-order valence-electron chi connectivity index (χ3n) is 4.52. The molecular formula is C22H23N3O4S2. The highest BCUT2D eigenvalue weighted by molar-refractivity contribution is 7.89. The van der Waals surface area contributed by atoms with Crippen LogP contribution in [0.4, 0.5) is 5.13 Å². The second-order valence-electron chi connectivity index (χ2n) is 6.74. The second-order valence-corrected chi connectivity index (χ2v) is 9.70. The Labute approximate surface area is 186 Å². The van der Waals surface area contributed by atoms with Gasteiger partial charge in [-0.25, -0.2) is 17.7 Å². The van der Waals surface area contributed by atoms with Gasteiger partial charge in [0.05, 0.1) is 12.8 Å². The van der Waals surface area contributed by atoms with E-state index in [9.17, 15) is 13.2 Å². The van der Waals surface area contributed by atoms with Crippen LogP contribution in [0.5, 0.6) is 5.75 Å². The monoisotopic (exact) mass is 457 g/mol. The molecule has 0 atom stereocenters. The fraction of sp³-hybridized carbons (Fsp3) is 0.182. The number of sulfonamides is 1. The Morgan fingerprint density at radius 1 is 1.19 bits per heavy atom. The van der Waals surface area contributed by atoms with Crippen LogP contribution in [-0.4, -0.2) is 51.4 Å². The van der Waals surface area contributed by atoms with Crippen LogP contribution in [-0.2, 0) is 10.0 Å². The number of rotatable bonds is 8. The number of aromatic nitrogens is 1. The molecule has 2 aromatic carbocycles. The zero-order valence-corrected chi connectivity index (χ0v) is 19.1. The summed E-state index contributed by atoms with van der Waals surface area (Å²) in [4.78, 5) is 19.3. The van der Waals surface area contributed by atoms with Gasteiger partial charge in [0, 0.05) is 37.1 Å². The van der Waals surface area contributed by atoms with Crippen LogP contribution in [0, 0.1) is 0 Å². The van der Waals surface area contributed by atoms with E-state index in [1.807, 2.05) is 35.7 Å². The van der Waals surface area contributed by atoms with Crippen molar-refractivity contribution in [2.75, 3.05) is 32.6 Å². The third-order valence-corrected chi connectivity index (χ3v) is 7.22. The van der Waals surface area contributed by atoms with Crippen LogP contribution < -0.4 is 9.64 Å². The largest absolute Gasteiger partial charge is 0.495 e. The van der Waals surface area contributed by atoms with Gasteiger partial charge in [-0.1, -0.05) is 36.4 Å². The fourth-order valence-electron chi connectivity index (χ4n) is 2.87. The minimum absolute atomic E-state index is 0.0754. The normalized spacial score (nSPS) is 11.4. The lowest BCUT2D eigenvalue weighted by atomic mass is 10.2. The van der Waals surface area contributed by atoms with Gasteiger partial charge in [0.25, 0.3) is 5.91 Å². The lowest BCUT2D eigenvalue weighted by molar-refractivity contribution is 0.0989. The van der Waals surface area contributed by atoms with Crippen molar-refractivity contribution in [3.63, 3.8) is 0 Å². The zero-order chi connectivity index (χ0) is 22.6. The summed E-state index contributed by atoms with van der Waals surface area (Å²) in [6, 6.07) is 14.0. The Kier molecular flexibility index (Phi) is 6.89. The van der Waals surface area contributed by atoms with Crippen LogP contribution in [0.2, 0.25) is 0 Å². The molecule has 0 spiro atoms. The number of nitrogens with zero attached hydrogens (tertiary/aromatic N) is 3. The van der Waals surface area contributed by atoms with E-state index >= 15 is 0 Å². The molecule has 9 heteroatoms. The minimum Gasteiger partial charge on any atom is -0.495 e. The Morgan fingerprint density at radius 3 is 2.52 bits per heavy atom. The molecule has 0 aliphatic rings. The van der Waals surface area contributed by atoms with Crippen LogP contribution >= 0.6 is 11.3 Å². The molecule has 3 rings (SSSR count). The molecule has 0 bridgehead atoms. The van der Waals surface area contributed by atoms with E-state index in [2.05, 4.69) is 11.6 Å². The molecule has 0 aliphatic heterocycles. The van der Waals surface area contributed by atoms with Crippen LogP contribution in [0.25, 0.3) is 11.3 Å². The summed E-state index contributed by atoms with van der Waals surface area (Å²) in [5, 5.41) is 2.38. The van der Waals surface area contributed by atoms with E-state index in [4.69, 9.17) is 4.74 Å². The molecule has 1 heterocycles. The zero-order valence-electron chi connectivity index (χ0n) is 17.5. The van der Waals surface area contributed by atoms with E-state index < -0.39 is 10.0 Å². The summed E-state index contributed by atoms with van der Waals surface area (Å²) in [5.74, 6) is -0.215. The smallest absolute Gasteiger partial charge is 0.260 e. The van der Waals surface area contributed by atoms with Gasteiger partial charge < -0.3 is 4.74 Å². The van der Waals surface area contributed by atoms with E-state index in [1.54, 1.807) is 6.08 Å². The van der Waals surface area contributed by atoms with Crippen molar-refractivity contribution in [3.8, 4) is 17.0 Å². The van der Waals surface area contributed by atoms with Crippen molar-refractivity contribution in [1.29, 1.82) is 0 Å². The van der Waals surface area contributed by atoms with Gasteiger partial charge >= 0.3 is 0 Å². The molecule has 0 radical (unpaired) electrons. The molecule has 1 amide bonds. The van der Waals surface area contributed by atoms with Crippen LogP contribution in [0.1, 0.15) is 10.4 Å². The molecule has 0 fully saturated rings. The summed E-state index contributed by atoms with van der Waals surface area (Å²) in [5.41, 5.74) is 1.91. The van der Waals surface area contributed by atoms with Gasteiger partial charge in [0.15, 0.2) is 5.13 Å². The van der Waals surface area contributed by atoms with Crippen molar-refractivity contribution in [2.24, 2.45) is 0 Å². The molecule has 0 N–H and O–H groups in total. The first-order chi connectivity index (χ1) is 14.8. The Balaban J connectivity index is 2.01. The number of thiazole rings is 1. The highest BCUT2D eigenvalue weighted by Crippen LogP contribution is 2.31. The van der Waals surface area contributed by atoms with E-state index in [0.29, 0.717) is 5.13 Å². The summed E-state index contributed by atoms with van der Waals surface area (Å²) >= 11 is 1.33. The first kappa shape index (κ1) is 22.7. The second kappa shape index (κ2) is 9.42. The van der Waals surface area contributed by atoms with Crippen molar-refractivity contribution < 1.29 is 17.9 Å². The Bertz CT molecular complexity index is 1190. The highest BCUT2D eigenvalue weighted by atomic mass is 32.2. The van der Waals surface area contributed by atoms with Crippen LogP contribution in [0.3, 0.4) is 0 Å². The molecular weight excluding hydrogens is 434 g/mol. The average molecular weight is 458 g/mol. The number of anilines is 1. The fourth-order valence-corrected chi connectivity index (χ4v) is 4.79. The number of hydrogen-bond donors (Lipinski definition) is 0. The van der Waals surface area contributed by atoms with Gasteiger partial charge in [0.1, 0.15) is 10.6 Å². The number of carbonyl (C=O) groups excluding carboxylic acids is 1. The van der Waals surface area contributed by atoms with Gasteiger partial charge in [-0.2, -0.15) is 0 Å². The number of carbonyl (C=O) groups is 1. The predicted octanol–water partition coefficient (Wildman–Crippen LogP) is 3.90. The topological polar surface area (TPSA) is 79.8 Å². The quantitative estimate of drug-likeness (QED) is 0.479. The number of ether oxygens (including phenoxy) is 1. The number of hydrogen-bond acceptors (Lipinski definition) is 6. The Morgan fingerprint density at radius 2 is 1.90 bits per heavy atom. The number of amides is 1. The van der Waals surface area contributed by atoms with Crippen molar-refractivity contribution in [3.05, 3.63) is 72.1 Å². The van der Waals surface area contributed by atoms with Crippen molar-refractivity contribution >= 4 is 32.4 Å². The number of benzene rings is 2. The maximum Gasteiger partial charge on any atom is 0.260 e. The molecule has 0 saturated heterocycles. The Hall–Kier alpha value is -3.01. The molecule has 31 heavy (non-hydrogen) atoms. The molecule has 1 aromatic heterocycles. The van der Waals surface area contributed by atoms with Gasteiger partial charge in [-0.3, -0.25) is 9.69 Å². The summed E-state index contributed by atoms with van der Waals surface area (Å²) < 4.78 is 31.7. The van der Waals surface area contributed by atoms with Crippen molar-refractivity contribution in [2.45, 2.75) is 4.90 Å². The first-order valence-electron chi connectivity index (χ1n) is 9.34. The van der Waals surface area contributed by atoms with Crippen LogP contribution in [0.15, 0.2) is 71.5 Å². The van der Waals surface area contributed by atoms with Gasteiger partial charge in [-0.15, -0.1) is 17.9 Å². The molecule has 7 nitrogen and oxygen atoms in total. The third kappa shape index (κ3) is 4.68. The van der Waals surface area contributed by atoms with Crippen molar-refractivity contribution in [1.82, 2.24) is 9.29 Å². The highest BCUT2D eigenvalue weighted by Gasteiger charge is 2.26. The molecule has 3 aromatic rings. The summed E-state index contributed by atoms with van der Waals surface area (Å²) in [6.07, 6.45) is 1.60. The molecule has 162 valence electrons. The average Bonchev–Trinajstić information content (AvgIpc) is 3.27. The van der Waals surface area contributed by atoms with Gasteiger partial charge in [-0.05, 0) is 18.2 Å². The van der Waals surface area contributed by atoms with E-state index in [1.165, 1.54) is 55.6 Å². The van der Waals surface area contributed by atoms with E-state index in [0.717, 1.165) is 15.6 Å². The SMILES string of the molecule is C=CCN(C(=O)c1ccc(OC)c(S(=O)(=O)N(C)C)c1)c1nc(-c2ccccc2)cs1. The predicted molar refractivity (Wildman–Crippen MR) is 123 cm³/mol. The lowest BCUT2D eigenvalue weighted by Crippen LogP contribution is -2.31. The molecule has 0 saturated carbocycles. The molecule has 0 aliphatic carbocycles. The number of methoxy groups -OCH3 is 1.